The van der Waals surface area contributed by atoms with Gasteiger partial charge in [-0.1, -0.05) is 13.3 Å². The zero-order chi connectivity index (χ0) is 15.4. The molecule has 1 saturated heterocycles. The van der Waals surface area contributed by atoms with Crippen molar-refractivity contribution in [2.75, 3.05) is 13.1 Å². The molecule has 1 amide bonds. The Bertz CT molecular complexity index is 312. The molecule has 4 heteroatoms. The van der Waals surface area contributed by atoms with Crippen molar-refractivity contribution in [2.45, 2.75) is 77.9 Å². The minimum atomic E-state index is -0.562. The summed E-state index contributed by atoms with van der Waals surface area (Å²) in [6.07, 6.45) is 4.39. The van der Waals surface area contributed by atoms with E-state index < -0.39 is 11.2 Å². The first-order valence-corrected chi connectivity index (χ1v) is 7.83. The number of likely N-dealkylation sites (tertiary alicyclic amines) is 1. The van der Waals surface area contributed by atoms with Gasteiger partial charge in [-0.25, -0.2) is 4.79 Å². The predicted octanol–water partition coefficient (Wildman–Crippen LogP) is 3.57. The lowest BCUT2D eigenvalue weighted by molar-refractivity contribution is 0.00133. The second kappa shape index (κ2) is 6.79. The fourth-order valence-electron chi connectivity index (χ4n) is 2.91. The Labute approximate surface area is 123 Å². The molecule has 0 bridgehead atoms. The van der Waals surface area contributed by atoms with Crippen molar-refractivity contribution in [3.63, 3.8) is 0 Å². The minimum absolute atomic E-state index is 0.212. The number of carbonyl (C=O) groups excluding carboxylic acids is 1. The molecule has 0 aromatic rings. The fourth-order valence-corrected chi connectivity index (χ4v) is 2.91. The summed E-state index contributed by atoms with van der Waals surface area (Å²) in [5.74, 6) is 0.509. The first-order chi connectivity index (χ1) is 9.13. The highest BCUT2D eigenvalue weighted by molar-refractivity contribution is 5.68. The Morgan fingerprint density at radius 1 is 1.25 bits per heavy atom. The van der Waals surface area contributed by atoms with E-state index in [1.807, 2.05) is 27.7 Å². The van der Waals surface area contributed by atoms with Gasteiger partial charge in [-0.15, -0.1) is 0 Å². The van der Waals surface area contributed by atoms with E-state index in [4.69, 9.17) is 4.74 Å². The molecule has 0 saturated carbocycles. The van der Waals surface area contributed by atoms with Crippen LogP contribution in [-0.2, 0) is 4.74 Å². The van der Waals surface area contributed by atoms with E-state index >= 15 is 0 Å². The molecule has 1 aliphatic heterocycles. The summed E-state index contributed by atoms with van der Waals surface area (Å²) in [5.41, 5.74) is -0.994. The van der Waals surface area contributed by atoms with Crippen molar-refractivity contribution in [1.82, 2.24) is 4.90 Å². The van der Waals surface area contributed by atoms with Gasteiger partial charge in [0.15, 0.2) is 0 Å². The van der Waals surface area contributed by atoms with Crippen LogP contribution < -0.4 is 0 Å². The summed E-state index contributed by atoms with van der Waals surface area (Å²) in [4.78, 5) is 13.8. The maximum atomic E-state index is 12.0. The van der Waals surface area contributed by atoms with Crippen LogP contribution in [0.25, 0.3) is 0 Å². The molecule has 1 aliphatic rings. The zero-order valence-corrected chi connectivity index (χ0v) is 13.7. The summed E-state index contributed by atoms with van der Waals surface area (Å²) in [7, 11) is 0. The summed E-state index contributed by atoms with van der Waals surface area (Å²) >= 11 is 0. The van der Waals surface area contributed by atoms with Crippen molar-refractivity contribution >= 4 is 6.09 Å². The van der Waals surface area contributed by atoms with Crippen molar-refractivity contribution in [1.29, 1.82) is 0 Å². The molecule has 118 valence electrons. The third kappa shape index (κ3) is 6.12. The standard InChI is InChI=1S/C16H31NO3/c1-6-9-16(5,19)12-13-7-10-17(11-8-13)14(18)20-15(2,3)4/h13,19H,6-12H2,1-5H3. The van der Waals surface area contributed by atoms with Gasteiger partial charge in [0.1, 0.15) is 5.60 Å². The second-order valence-corrected chi connectivity index (χ2v) is 7.36. The van der Waals surface area contributed by atoms with Gasteiger partial charge in [0.2, 0.25) is 0 Å². The van der Waals surface area contributed by atoms with Gasteiger partial charge in [0, 0.05) is 13.1 Å². The third-order valence-corrected chi connectivity index (χ3v) is 3.78. The first-order valence-electron chi connectivity index (χ1n) is 7.83. The van der Waals surface area contributed by atoms with Crippen LogP contribution in [0.2, 0.25) is 0 Å². The van der Waals surface area contributed by atoms with Crippen LogP contribution in [0.15, 0.2) is 0 Å². The van der Waals surface area contributed by atoms with E-state index in [1.165, 1.54) is 0 Å². The van der Waals surface area contributed by atoms with E-state index in [-0.39, 0.29) is 6.09 Å². The molecule has 1 N–H and O–H groups in total. The lowest BCUT2D eigenvalue weighted by Crippen LogP contribution is -2.42. The monoisotopic (exact) mass is 285 g/mol. The van der Waals surface area contributed by atoms with Crippen LogP contribution in [0.1, 0.15) is 66.7 Å². The molecular formula is C16H31NO3. The van der Waals surface area contributed by atoms with Crippen molar-refractivity contribution in [3.8, 4) is 0 Å². The topological polar surface area (TPSA) is 49.8 Å². The molecule has 1 rings (SSSR count). The Kier molecular flexibility index (Phi) is 5.87. The molecule has 1 unspecified atom stereocenters. The highest BCUT2D eigenvalue weighted by Gasteiger charge is 2.30. The molecule has 0 aromatic heterocycles. The summed E-state index contributed by atoms with van der Waals surface area (Å²) < 4.78 is 5.39. The van der Waals surface area contributed by atoms with Crippen LogP contribution in [0.3, 0.4) is 0 Å². The normalized spacial score (nSPS) is 20.6. The number of nitrogens with zero attached hydrogens (tertiary/aromatic N) is 1. The third-order valence-electron chi connectivity index (χ3n) is 3.78. The lowest BCUT2D eigenvalue weighted by atomic mass is 9.83. The number of amides is 1. The smallest absolute Gasteiger partial charge is 0.410 e. The maximum Gasteiger partial charge on any atom is 0.410 e. The van der Waals surface area contributed by atoms with E-state index in [2.05, 4.69) is 6.92 Å². The molecule has 0 aliphatic carbocycles. The van der Waals surface area contributed by atoms with Crippen molar-refractivity contribution in [3.05, 3.63) is 0 Å². The largest absolute Gasteiger partial charge is 0.444 e. The van der Waals surface area contributed by atoms with Gasteiger partial charge in [-0.2, -0.15) is 0 Å². The number of hydrogen-bond donors (Lipinski definition) is 1. The average molecular weight is 285 g/mol. The highest BCUT2D eigenvalue weighted by Crippen LogP contribution is 2.29. The van der Waals surface area contributed by atoms with Crippen LogP contribution in [-0.4, -0.2) is 40.4 Å². The van der Waals surface area contributed by atoms with Gasteiger partial charge in [-0.05, 0) is 59.3 Å². The van der Waals surface area contributed by atoms with Gasteiger partial charge >= 0.3 is 6.09 Å². The Morgan fingerprint density at radius 2 is 1.80 bits per heavy atom. The van der Waals surface area contributed by atoms with Crippen LogP contribution >= 0.6 is 0 Å². The van der Waals surface area contributed by atoms with Crippen molar-refractivity contribution in [2.24, 2.45) is 5.92 Å². The maximum absolute atomic E-state index is 12.0. The number of piperidine rings is 1. The molecule has 4 nitrogen and oxygen atoms in total. The first kappa shape index (κ1) is 17.3. The van der Waals surface area contributed by atoms with E-state index in [1.54, 1.807) is 4.90 Å². The SMILES string of the molecule is CCCC(C)(O)CC1CCN(C(=O)OC(C)(C)C)CC1. The molecule has 0 aromatic carbocycles. The summed E-state index contributed by atoms with van der Waals surface area (Å²) in [5, 5.41) is 10.3. The second-order valence-electron chi connectivity index (χ2n) is 7.36. The van der Waals surface area contributed by atoms with Crippen LogP contribution in [0.4, 0.5) is 4.79 Å². The van der Waals surface area contributed by atoms with Crippen LogP contribution in [0, 0.1) is 5.92 Å². The van der Waals surface area contributed by atoms with E-state index in [9.17, 15) is 9.90 Å². The number of ether oxygens (including phenoxy) is 1. The molecule has 1 heterocycles. The Balaban J connectivity index is 2.38. The van der Waals surface area contributed by atoms with E-state index in [0.717, 1.165) is 45.2 Å². The summed E-state index contributed by atoms with van der Waals surface area (Å²) in [6, 6.07) is 0. The molecule has 0 spiro atoms. The molecule has 20 heavy (non-hydrogen) atoms. The molecule has 0 radical (unpaired) electrons. The zero-order valence-electron chi connectivity index (χ0n) is 13.7. The Hall–Kier alpha value is -0.770. The fraction of sp³-hybridized carbons (Fsp3) is 0.938. The van der Waals surface area contributed by atoms with Crippen LogP contribution in [0.5, 0.6) is 0 Å². The highest BCUT2D eigenvalue weighted by atomic mass is 16.6. The van der Waals surface area contributed by atoms with Crippen molar-refractivity contribution < 1.29 is 14.6 Å². The number of rotatable bonds is 4. The minimum Gasteiger partial charge on any atom is -0.444 e. The van der Waals surface area contributed by atoms with Gasteiger partial charge in [0.25, 0.3) is 0 Å². The van der Waals surface area contributed by atoms with Gasteiger partial charge in [-0.3, -0.25) is 0 Å². The Morgan fingerprint density at radius 3 is 2.25 bits per heavy atom. The van der Waals surface area contributed by atoms with E-state index in [0.29, 0.717) is 5.92 Å². The summed E-state index contributed by atoms with van der Waals surface area (Å²) in [6.45, 7) is 11.2. The molecular weight excluding hydrogens is 254 g/mol. The molecule has 1 fully saturated rings. The van der Waals surface area contributed by atoms with Gasteiger partial charge < -0.3 is 14.7 Å². The lowest BCUT2D eigenvalue weighted by Gasteiger charge is -2.36. The van der Waals surface area contributed by atoms with Gasteiger partial charge in [0.05, 0.1) is 5.60 Å². The predicted molar refractivity (Wildman–Crippen MR) is 80.7 cm³/mol. The number of carbonyl (C=O) groups is 1. The number of hydrogen-bond acceptors (Lipinski definition) is 3. The molecule has 1 atom stereocenters. The number of aliphatic hydroxyl groups is 1. The average Bonchev–Trinajstić information content (AvgIpc) is 2.26. The quantitative estimate of drug-likeness (QED) is 0.859.